The topological polar surface area (TPSA) is 83.4 Å². The van der Waals surface area contributed by atoms with Crippen LogP contribution in [0.4, 0.5) is 5.82 Å². The first kappa shape index (κ1) is 15.6. The number of fused-ring (bicyclic) bond motifs is 3. The molecule has 1 aliphatic rings. The number of nitrogen functional groups attached to an aromatic ring is 1. The van der Waals surface area contributed by atoms with Gasteiger partial charge in [0, 0.05) is 29.4 Å². The third kappa shape index (κ3) is 3.40. The molecule has 0 bridgehead atoms. The molecular formula is C18H23N3O2. The average molecular weight is 313 g/mol. The van der Waals surface area contributed by atoms with Crippen molar-refractivity contribution in [3.05, 3.63) is 36.0 Å². The van der Waals surface area contributed by atoms with Crippen LogP contribution in [0.5, 0.6) is 11.5 Å². The minimum atomic E-state index is 0.191. The molecule has 3 rings (SSSR count). The highest BCUT2D eigenvalue weighted by molar-refractivity contribution is 5.78. The van der Waals surface area contributed by atoms with Crippen LogP contribution in [-0.2, 0) is 6.61 Å². The number of hydrogen-bond acceptors (Lipinski definition) is 5. The van der Waals surface area contributed by atoms with E-state index in [9.17, 15) is 0 Å². The summed E-state index contributed by atoms with van der Waals surface area (Å²) in [5.41, 5.74) is 14.8. The third-order valence-corrected chi connectivity index (χ3v) is 4.01. The van der Waals surface area contributed by atoms with Crippen LogP contribution < -0.4 is 20.9 Å². The molecule has 5 nitrogen and oxygen atoms in total. The smallest absolute Gasteiger partial charge is 0.131 e. The number of aromatic nitrogens is 1. The quantitative estimate of drug-likeness (QED) is 0.886. The summed E-state index contributed by atoms with van der Waals surface area (Å²) in [5, 5.41) is 0. The van der Waals surface area contributed by atoms with Gasteiger partial charge in [-0.25, -0.2) is 4.98 Å². The van der Waals surface area contributed by atoms with E-state index < -0.39 is 0 Å². The Hall–Kier alpha value is -2.27. The Morgan fingerprint density at radius 3 is 2.87 bits per heavy atom. The Morgan fingerprint density at radius 2 is 2.09 bits per heavy atom. The minimum Gasteiger partial charge on any atom is -0.493 e. The van der Waals surface area contributed by atoms with Gasteiger partial charge in [0.2, 0.25) is 0 Å². The van der Waals surface area contributed by atoms with E-state index in [4.69, 9.17) is 20.9 Å². The molecule has 0 spiro atoms. The first-order valence-corrected chi connectivity index (χ1v) is 7.93. The fourth-order valence-corrected chi connectivity index (χ4v) is 2.94. The van der Waals surface area contributed by atoms with Crippen molar-refractivity contribution in [2.75, 3.05) is 12.3 Å². The molecule has 1 aliphatic heterocycles. The molecule has 4 N–H and O–H groups in total. The highest BCUT2D eigenvalue weighted by Gasteiger charge is 2.20. The summed E-state index contributed by atoms with van der Waals surface area (Å²) in [5.74, 6) is 2.57. The van der Waals surface area contributed by atoms with Gasteiger partial charge in [-0.2, -0.15) is 0 Å². The van der Waals surface area contributed by atoms with Crippen molar-refractivity contribution < 1.29 is 9.47 Å². The molecule has 5 heteroatoms. The van der Waals surface area contributed by atoms with Gasteiger partial charge in [0.15, 0.2) is 0 Å². The third-order valence-electron chi connectivity index (χ3n) is 4.01. The number of anilines is 1. The van der Waals surface area contributed by atoms with Crippen molar-refractivity contribution in [2.45, 2.75) is 32.9 Å². The Balaban J connectivity index is 1.76. The lowest BCUT2D eigenvalue weighted by Crippen LogP contribution is -2.21. The maximum absolute atomic E-state index is 5.92. The molecule has 0 radical (unpaired) electrons. The van der Waals surface area contributed by atoms with Crippen molar-refractivity contribution in [3.63, 3.8) is 0 Å². The molecule has 2 atom stereocenters. The lowest BCUT2D eigenvalue weighted by atomic mass is 9.98. The standard InChI is InChI=1S/C18H23N3O2/c1-11(7-12(2)19)9-22-13-3-4-15-14-5-6-21-18(20)16(14)10-23-17(15)8-13/h3-6,8,11-12H,7,9-10,19H2,1-2H3,(H2,20,21). The fourth-order valence-electron chi connectivity index (χ4n) is 2.94. The molecule has 2 aromatic rings. The Kier molecular flexibility index (Phi) is 4.39. The second kappa shape index (κ2) is 6.46. The lowest BCUT2D eigenvalue weighted by Gasteiger charge is -2.22. The molecule has 0 saturated heterocycles. The predicted molar refractivity (Wildman–Crippen MR) is 91.3 cm³/mol. The summed E-state index contributed by atoms with van der Waals surface area (Å²) in [6.07, 6.45) is 2.67. The van der Waals surface area contributed by atoms with Crippen LogP contribution in [0.25, 0.3) is 11.1 Å². The highest BCUT2D eigenvalue weighted by Crippen LogP contribution is 2.40. The summed E-state index contributed by atoms with van der Waals surface area (Å²) >= 11 is 0. The zero-order valence-electron chi connectivity index (χ0n) is 13.6. The summed E-state index contributed by atoms with van der Waals surface area (Å²) in [6.45, 7) is 5.24. The van der Waals surface area contributed by atoms with E-state index in [2.05, 4.69) is 11.9 Å². The maximum atomic E-state index is 5.92. The fraction of sp³-hybridized carbons (Fsp3) is 0.389. The van der Waals surface area contributed by atoms with E-state index >= 15 is 0 Å². The average Bonchev–Trinajstić information content (AvgIpc) is 2.52. The number of ether oxygens (including phenoxy) is 2. The Morgan fingerprint density at radius 1 is 1.26 bits per heavy atom. The van der Waals surface area contributed by atoms with Gasteiger partial charge in [-0.3, -0.25) is 0 Å². The van der Waals surface area contributed by atoms with Crippen LogP contribution in [0.2, 0.25) is 0 Å². The number of pyridine rings is 1. The summed E-state index contributed by atoms with van der Waals surface area (Å²) in [6, 6.07) is 8.08. The molecular weight excluding hydrogens is 290 g/mol. The molecule has 2 heterocycles. The van der Waals surface area contributed by atoms with E-state index in [-0.39, 0.29) is 6.04 Å². The number of nitrogens with two attached hydrogens (primary N) is 2. The first-order chi connectivity index (χ1) is 11.0. The maximum Gasteiger partial charge on any atom is 0.131 e. The second-order valence-corrected chi connectivity index (χ2v) is 6.30. The van der Waals surface area contributed by atoms with Crippen LogP contribution in [0, 0.1) is 5.92 Å². The first-order valence-electron chi connectivity index (χ1n) is 7.93. The van der Waals surface area contributed by atoms with E-state index in [1.54, 1.807) is 6.20 Å². The normalized spacial score (nSPS) is 15.1. The second-order valence-electron chi connectivity index (χ2n) is 6.30. The summed E-state index contributed by atoms with van der Waals surface area (Å²) < 4.78 is 11.7. The van der Waals surface area contributed by atoms with E-state index in [0.717, 1.165) is 34.6 Å². The van der Waals surface area contributed by atoms with Gasteiger partial charge in [0.1, 0.15) is 23.9 Å². The monoisotopic (exact) mass is 313 g/mol. The molecule has 1 aromatic carbocycles. The van der Waals surface area contributed by atoms with Gasteiger partial charge in [-0.15, -0.1) is 0 Å². The molecule has 0 fully saturated rings. The van der Waals surface area contributed by atoms with Crippen LogP contribution in [0.3, 0.4) is 0 Å². The Labute approximate surface area is 136 Å². The van der Waals surface area contributed by atoms with E-state index in [1.165, 1.54) is 0 Å². The van der Waals surface area contributed by atoms with Gasteiger partial charge in [0.25, 0.3) is 0 Å². The van der Waals surface area contributed by atoms with Crippen molar-refractivity contribution in [1.29, 1.82) is 0 Å². The van der Waals surface area contributed by atoms with Crippen LogP contribution in [0.1, 0.15) is 25.8 Å². The van der Waals surface area contributed by atoms with E-state index in [0.29, 0.717) is 24.9 Å². The van der Waals surface area contributed by atoms with Gasteiger partial charge in [0.05, 0.1) is 6.61 Å². The summed E-state index contributed by atoms with van der Waals surface area (Å²) in [7, 11) is 0. The highest BCUT2D eigenvalue weighted by atomic mass is 16.5. The number of hydrogen-bond donors (Lipinski definition) is 2. The van der Waals surface area contributed by atoms with Gasteiger partial charge < -0.3 is 20.9 Å². The zero-order valence-corrected chi connectivity index (χ0v) is 13.6. The minimum absolute atomic E-state index is 0.191. The van der Waals surface area contributed by atoms with Gasteiger partial charge in [-0.1, -0.05) is 6.92 Å². The van der Waals surface area contributed by atoms with Gasteiger partial charge >= 0.3 is 0 Å². The van der Waals surface area contributed by atoms with Crippen molar-refractivity contribution in [3.8, 4) is 22.6 Å². The molecule has 23 heavy (non-hydrogen) atoms. The van der Waals surface area contributed by atoms with E-state index in [1.807, 2.05) is 31.2 Å². The molecule has 0 saturated carbocycles. The molecule has 2 unspecified atom stereocenters. The van der Waals surface area contributed by atoms with Crippen LogP contribution in [-0.4, -0.2) is 17.6 Å². The van der Waals surface area contributed by atoms with Crippen molar-refractivity contribution >= 4 is 5.82 Å². The SMILES string of the molecule is CC(N)CC(C)COc1ccc2c(c1)OCc1c-2ccnc1N. The molecule has 1 aromatic heterocycles. The number of rotatable bonds is 5. The zero-order chi connectivity index (χ0) is 16.4. The summed E-state index contributed by atoms with van der Waals surface area (Å²) in [4.78, 5) is 4.12. The predicted octanol–water partition coefficient (Wildman–Crippen LogP) is 2.98. The largest absolute Gasteiger partial charge is 0.493 e. The number of benzene rings is 1. The van der Waals surface area contributed by atoms with Crippen LogP contribution in [0.15, 0.2) is 30.5 Å². The molecule has 122 valence electrons. The lowest BCUT2D eigenvalue weighted by molar-refractivity contribution is 0.243. The number of nitrogens with zero attached hydrogens (tertiary/aromatic N) is 1. The van der Waals surface area contributed by atoms with Crippen LogP contribution >= 0.6 is 0 Å². The van der Waals surface area contributed by atoms with Gasteiger partial charge in [-0.05, 0) is 43.0 Å². The van der Waals surface area contributed by atoms with Crippen molar-refractivity contribution in [1.82, 2.24) is 4.98 Å². The molecule has 0 aliphatic carbocycles. The Bertz CT molecular complexity index is 701. The van der Waals surface area contributed by atoms with Crippen molar-refractivity contribution in [2.24, 2.45) is 11.7 Å². The molecule has 0 amide bonds.